The summed E-state index contributed by atoms with van der Waals surface area (Å²) in [4.78, 5) is 10.6. The summed E-state index contributed by atoms with van der Waals surface area (Å²) in [5.74, 6) is -0.970. The van der Waals surface area contributed by atoms with Crippen molar-refractivity contribution in [2.75, 3.05) is 0 Å². The van der Waals surface area contributed by atoms with E-state index in [1.54, 1.807) is 19.1 Å². The molecule has 0 aliphatic heterocycles. The predicted octanol–water partition coefficient (Wildman–Crippen LogP) is 0.986. The summed E-state index contributed by atoms with van der Waals surface area (Å²) >= 11 is 0. The maximum absolute atomic E-state index is 10.6. The number of aliphatic carboxylic acids is 1. The Morgan fingerprint density at radius 2 is 2.13 bits per heavy atom. The fourth-order valence-corrected chi connectivity index (χ4v) is 1.49. The fraction of sp³-hybridized carbons (Fsp3) is 0.273. The van der Waals surface area contributed by atoms with Crippen LogP contribution in [0.2, 0.25) is 0 Å². The number of aliphatic hydroxyl groups is 1. The van der Waals surface area contributed by atoms with Crippen LogP contribution in [0.3, 0.4) is 0 Å². The molecular weight excluding hydrogens is 194 g/mol. The molecule has 1 aromatic rings. The van der Waals surface area contributed by atoms with E-state index >= 15 is 0 Å². The molecular formula is C11H11NO3. The van der Waals surface area contributed by atoms with E-state index in [1.165, 1.54) is 0 Å². The van der Waals surface area contributed by atoms with Crippen molar-refractivity contribution in [3.8, 4) is 6.07 Å². The van der Waals surface area contributed by atoms with Crippen molar-refractivity contribution >= 4 is 5.97 Å². The Morgan fingerprint density at radius 3 is 2.60 bits per heavy atom. The lowest BCUT2D eigenvalue weighted by atomic mass is 9.95. The number of carboxylic acids is 1. The summed E-state index contributed by atoms with van der Waals surface area (Å²) in [6, 6.07) is 5.21. The minimum Gasteiger partial charge on any atom is -0.481 e. The zero-order valence-corrected chi connectivity index (χ0v) is 8.32. The van der Waals surface area contributed by atoms with Gasteiger partial charge in [-0.3, -0.25) is 4.79 Å². The van der Waals surface area contributed by atoms with E-state index < -0.39 is 5.97 Å². The number of benzene rings is 1. The first kappa shape index (κ1) is 11.2. The molecule has 4 heteroatoms. The molecule has 78 valence electrons. The number of rotatable bonds is 3. The summed E-state index contributed by atoms with van der Waals surface area (Å²) in [5.41, 5.74) is 2.06. The minimum atomic E-state index is -0.970. The quantitative estimate of drug-likeness (QED) is 0.770. The summed E-state index contributed by atoms with van der Waals surface area (Å²) in [5, 5.41) is 26.6. The molecule has 0 unspecified atom stereocenters. The normalized spacial score (nSPS) is 9.67. The number of carboxylic acid groups (broad SMARTS) is 1. The lowest BCUT2D eigenvalue weighted by Crippen LogP contribution is -2.07. The smallest absolute Gasteiger partial charge is 0.307 e. The molecule has 0 atom stereocenters. The van der Waals surface area contributed by atoms with Crippen LogP contribution in [-0.2, 0) is 17.8 Å². The number of hydrogen-bond donors (Lipinski definition) is 2. The van der Waals surface area contributed by atoms with Gasteiger partial charge in [0.25, 0.3) is 0 Å². The molecule has 4 nitrogen and oxygen atoms in total. The average Bonchev–Trinajstić information content (AvgIpc) is 2.20. The Bertz CT molecular complexity index is 432. The molecule has 0 bridgehead atoms. The number of hydrogen-bond acceptors (Lipinski definition) is 3. The van der Waals surface area contributed by atoms with E-state index in [0.29, 0.717) is 16.7 Å². The van der Waals surface area contributed by atoms with Crippen molar-refractivity contribution in [3.05, 3.63) is 34.4 Å². The van der Waals surface area contributed by atoms with E-state index in [4.69, 9.17) is 15.5 Å². The van der Waals surface area contributed by atoms with E-state index in [0.717, 1.165) is 5.56 Å². The van der Waals surface area contributed by atoms with Crippen molar-refractivity contribution in [2.24, 2.45) is 0 Å². The largest absolute Gasteiger partial charge is 0.481 e. The van der Waals surface area contributed by atoms with E-state index in [9.17, 15) is 4.79 Å². The van der Waals surface area contributed by atoms with Gasteiger partial charge in [0.1, 0.15) is 0 Å². The maximum atomic E-state index is 10.6. The summed E-state index contributed by atoms with van der Waals surface area (Å²) in [6.07, 6.45) is -0.169. The molecule has 0 saturated carbocycles. The molecule has 0 aromatic heterocycles. The topological polar surface area (TPSA) is 81.3 Å². The second-order valence-corrected chi connectivity index (χ2v) is 3.23. The molecule has 0 radical (unpaired) electrons. The zero-order valence-electron chi connectivity index (χ0n) is 8.32. The summed E-state index contributed by atoms with van der Waals surface area (Å²) < 4.78 is 0. The number of aryl methyl sites for hydroxylation is 1. The molecule has 0 heterocycles. The van der Waals surface area contributed by atoms with Gasteiger partial charge in [-0.05, 0) is 29.7 Å². The first-order valence-electron chi connectivity index (χ1n) is 4.44. The van der Waals surface area contributed by atoms with Gasteiger partial charge >= 0.3 is 5.97 Å². The first-order valence-corrected chi connectivity index (χ1v) is 4.44. The summed E-state index contributed by atoms with van der Waals surface area (Å²) in [6.45, 7) is 1.45. The van der Waals surface area contributed by atoms with E-state index in [2.05, 4.69) is 0 Å². The molecule has 0 aliphatic carbocycles. The van der Waals surface area contributed by atoms with Gasteiger partial charge in [0, 0.05) is 0 Å². The van der Waals surface area contributed by atoms with Crippen molar-refractivity contribution < 1.29 is 15.0 Å². The van der Waals surface area contributed by atoms with Gasteiger partial charge in [-0.1, -0.05) is 6.07 Å². The molecule has 0 spiro atoms. The van der Waals surface area contributed by atoms with Gasteiger partial charge in [0.2, 0.25) is 0 Å². The van der Waals surface area contributed by atoms with Crippen LogP contribution in [0.15, 0.2) is 12.1 Å². The highest BCUT2D eigenvalue weighted by atomic mass is 16.4. The van der Waals surface area contributed by atoms with Crippen molar-refractivity contribution in [3.63, 3.8) is 0 Å². The Hall–Kier alpha value is -1.86. The molecule has 0 amide bonds. The molecule has 1 rings (SSSR count). The van der Waals surface area contributed by atoms with E-state index in [-0.39, 0.29) is 13.0 Å². The predicted molar refractivity (Wildman–Crippen MR) is 53.2 cm³/mol. The standard InChI is InChI=1S/C11H11NO3/c1-7-2-3-8(5-12)10(6-13)9(7)4-11(14)15/h2-3,13H,4,6H2,1H3,(H,14,15). The maximum Gasteiger partial charge on any atom is 0.307 e. The number of nitrogens with zero attached hydrogens (tertiary/aromatic N) is 1. The Balaban J connectivity index is 3.33. The average molecular weight is 205 g/mol. The van der Waals surface area contributed by atoms with Crippen LogP contribution >= 0.6 is 0 Å². The SMILES string of the molecule is Cc1ccc(C#N)c(CO)c1CC(=O)O. The van der Waals surface area contributed by atoms with Gasteiger partial charge in [-0.2, -0.15) is 5.26 Å². The minimum absolute atomic E-state index is 0.169. The Kier molecular flexibility index (Phi) is 3.42. The number of carbonyl (C=O) groups is 1. The van der Waals surface area contributed by atoms with Crippen molar-refractivity contribution in [2.45, 2.75) is 20.0 Å². The molecule has 15 heavy (non-hydrogen) atoms. The first-order chi connectivity index (χ1) is 7.10. The second kappa shape index (κ2) is 4.58. The monoisotopic (exact) mass is 205 g/mol. The van der Waals surface area contributed by atoms with E-state index in [1.807, 2.05) is 6.07 Å². The number of aliphatic hydroxyl groups excluding tert-OH is 1. The van der Waals surface area contributed by atoms with Gasteiger partial charge in [-0.15, -0.1) is 0 Å². The Labute approximate surface area is 87.4 Å². The van der Waals surface area contributed by atoms with Crippen LogP contribution in [0, 0.1) is 18.3 Å². The van der Waals surface area contributed by atoms with Crippen molar-refractivity contribution in [1.29, 1.82) is 5.26 Å². The van der Waals surface area contributed by atoms with Gasteiger partial charge in [-0.25, -0.2) is 0 Å². The van der Waals surface area contributed by atoms with Crippen LogP contribution < -0.4 is 0 Å². The lowest BCUT2D eigenvalue weighted by Gasteiger charge is -2.10. The van der Waals surface area contributed by atoms with Gasteiger partial charge in [0.15, 0.2) is 0 Å². The van der Waals surface area contributed by atoms with Gasteiger partial charge < -0.3 is 10.2 Å². The fourth-order valence-electron chi connectivity index (χ4n) is 1.49. The van der Waals surface area contributed by atoms with Crippen molar-refractivity contribution in [1.82, 2.24) is 0 Å². The summed E-state index contributed by atoms with van der Waals surface area (Å²) in [7, 11) is 0. The molecule has 0 aliphatic rings. The second-order valence-electron chi connectivity index (χ2n) is 3.23. The third-order valence-electron chi connectivity index (χ3n) is 2.27. The molecule has 0 fully saturated rings. The van der Waals surface area contributed by atoms with Gasteiger partial charge in [0.05, 0.1) is 24.7 Å². The van der Waals surface area contributed by atoms with Crippen LogP contribution in [0.1, 0.15) is 22.3 Å². The highest BCUT2D eigenvalue weighted by Crippen LogP contribution is 2.19. The molecule has 1 aromatic carbocycles. The highest BCUT2D eigenvalue weighted by molar-refractivity contribution is 5.72. The van der Waals surface area contributed by atoms with Crippen LogP contribution in [0.4, 0.5) is 0 Å². The third-order valence-corrected chi connectivity index (χ3v) is 2.27. The van der Waals surface area contributed by atoms with Crippen LogP contribution in [0.25, 0.3) is 0 Å². The number of nitriles is 1. The lowest BCUT2D eigenvalue weighted by molar-refractivity contribution is -0.136. The third kappa shape index (κ3) is 2.33. The zero-order chi connectivity index (χ0) is 11.4. The van der Waals surface area contributed by atoms with Crippen LogP contribution in [-0.4, -0.2) is 16.2 Å². The highest BCUT2D eigenvalue weighted by Gasteiger charge is 2.12. The molecule has 2 N–H and O–H groups in total. The van der Waals surface area contributed by atoms with Crippen LogP contribution in [0.5, 0.6) is 0 Å². The molecule has 0 saturated heterocycles. The Morgan fingerprint density at radius 1 is 1.47 bits per heavy atom.